The molecular weight excluding hydrogens is 370 g/mol. The number of hydrogen-bond acceptors (Lipinski definition) is 5. The van der Waals surface area contributed by atoms with Gasteiger partial charge in [0.2, 0.25) is 11.8 Å². The van der Waals surface area contributed by atoms with Gasteiger partial charge in [-0.3, -0.25) is 14.4 Å². The first kappa shape index (κ1) is 19.6. The Morgan fingerprint density at radius 2 is 1.45 bits per heavy atom. The quantitative estimate of drug-likeness (QED) is 0.531. The highest BCUT2D eigenvalue weighted by molar-refractivity contribution is 6.08. The number of nitrogen functional groups attached to an aromatic ring is 1. The predicted molar refractivity (Wildman–Crippen MR) is 111 cm³/mol. The lowest BCUT2D eigenvalue weighted by Crippen LogP contribution is -2.15. The molecule has 6 N–H and O–H groups in total. The summed E-state index contributed by atoms with van der Waals surface area (Å²) in [6, 6.07) is 15.0. The summed E-state index contributed by atoms with van der Waals surface area (Å²) in [6.07, 6.45) is 1.55. The number of amides is 3. The Morgan fingerprint density at radius 1 is 0.862 bits per heavy atom. The number of pyridine rings is 1. The maximum atomic E-state index is 12.7. The largest absolute Gasteiger partial charge is 0.383 e. The van der Waals surface area contributed by atoms with Crippen molar-refractivity contribution in [1.29, 1.82) is 0 Å². The molecule has 29 heavy (non-hydrogen) atoms. The van der Waals surface area contributed by atoms with Crippen LogP contribution in [-0.4, -0.2) is 22.7 Å². The number of carbonyl (C=O) groups excluding carboxylic acids is 3. The fourth-order valence-corrected chi connectivity index (χ4v) is 2.68. The van der Waals surface area contributed by atoms with E-state index in [0.29, 0.717) is 22.5 Å². The van der Waals surface area contributed by atoms with Crippen LogP contribution in [0, 0.1) is 0 Å². The van der Waals surface area contributed by atoms with Crippen molar-refractivity contribution in [1.82, 2.24) is 4.98 Å². The van der Waals surface area contributed by atoms with E-state index < -0.39 is 11.8 Å². The van der Waals surface area contributed by atoms with E-state index in [9.17, 15) is 14.4 Å². The molecule has 0 aliphatic heterocycles. The molecule has 8 nitrogen and oxygen atoms in total. The van der Waals surface area contributed by atoms with Crippen LogP contribution in [0.5, 0.6) is 0 Å². The van der Waals surface area contributed by atoms with Gasteiger partial charge in [0.05, 0.1) is 5.56 Å². The highest BCUT2D eigenvalue weighted by Crippen LogP contribution is 2.23. The fourth-order valence-electron chi connectivity index (χ4n) is 2.68. The number of carbonyl (C=O) groups is 3. The van der Waals surface area contributed by atoms with Gasteiger partial charge in [-0.15, -0.1) is 0 Å². The lowest BCUT2D eigenvalue weighted by atomic mass is 10.0. The van der Waals surface area contributed by atoms with E-state index in [4.69, 9.17) is 11.5 Å². The van der Waals surface area contributed by atoms with Crippen LogP contribution in [0.4, 0.5) is 17.2 Å². The molecule has 0 radical (unpaired) electrons. The third kappa shape index (κ3) is 4.75. The van der Waals surface area contributed by atoms with Gasteiger partial charge in [0.25, 0.3) is 5.91 Å². The number of primary amides is 1. The molecule has 0 atom stereocenters. The van der Waals surface area contributed by atoms with Gasteiger partial charge in [-0.2, -0.15) is 0 Å². The topological polar surface area (TPSA) is 140 Å². The van der Waals surface area contributed by atoms with Crippen LogP contribution in [0.15, 0.2) is 60.8 Å². The average Bonchev–Trinajstić information content (AvgIpc) is 2.69. The highest BCUT2D eigenvalue weighted by Gasteiger charge is 2.13. The predicted octanol–water partition coefficient (Wildman–Crippen LogP) is 2.64. The van der Waals surface area contributed by atoms with Gasteiger partial charge in [-0.1, -0.05) is 12.1 Å². The zero-order chi connectivity index (χ0) is 21.0. The fraction of sp³-hybridized carbons (Fsp3) is 0.0476. The number of nitrogens with two attached hydrogens (primary N) is 2. The summed E-state index contributed by atoms with van der Waals surface area (Å²) in [5.41, 5.74) is 14.3. The molecule has 2 aromatic carbocycles. The summed E-state index contributed by atoms with van der Waals surface area (Å²) in [5.74, 6) is -1.02. The second-order valence-electron chi connectivity index (χ2n) is 6.31. The normalized spacial score (nSPS) is 10.2. The molecule has 0 bridgehead atoms. The van der Waals surface area contributed by atoms with Gasteiger partial charge in [-0.05, 0) is 48.0 Å². The molecule has 0 saturated heterocycles. The molecule has 8 heteroatoms. The SMILES string of the molecule is CC(=O)Nc1ccc(NC(=O)c2cc(-c3ccc(C(N)=O)cc3)cnc2N)cc1. The van der Waals surface area contributed by atoms with Crippen LogP contribution in [0.1, 0.15) is 27.6 Å². The van der Waals surface area contributed by atoms with Crippen molar-refractivity contribution >= 4 is 34.9 Å². The Bertz CT molecular complexity index is 1080. The monoisotopic (exact) mass is 389 g/mol. The Balaban J connectivity index is 1.81. The molecule has 0 aliphatic rings. The molecule has 0 saturated carbocycles. The van der Waals surface area contributed by atoms with Crippen LogP contribution in [0.25, 0.3) is 11.1 Å². The zero-order valence-electron chi connectivity index (χ0n) is 15.6. The number of nitrogens with one attached hydrogen (secondary N) is 2. The molecule has 3 aromatic rings. The first-order valence-electron chi connectivity index (χ1n) is 8.68. The molecule has 3 rings (SSSR count). The van der Waals surface area contributed by atoms with Crippen molar-refractivity contribution in [2.24, 2.45) is 5.73 Å². The standard InChI is InChI=1S/C21H19N5O3/c1-12(27)25-16-6-8-17(9-7-16)26-21(29)18-10-15(11-24-19(18)22)13-2-4-14(5-3-13)20(23)28/h2-11H,1H3,(H2,22,24)(H2,23,28)(H,25,27)(H,26,29). The van der Waals surface area contributed by atoms with E-state index in [0.717, 1.165) is 5.56 Å². The van der Waals surface area contributed by atoms with Crippen LogP contribution in [0.3, 0.4) is 0 Å². The Labute approximate surface area is 166 Å². The lowest BCUT2D eigenvalue weighted by Gasteiger charge is -2.10. The van der Waals surface area contributed by atoms with Crippen LogP contribution in [-0.2, 0) is 4.79 Å². The number of anilines is 3. The minimum absolute atomic E-state index is 0.0925. The number of hydrogen-bond donors (Lipinski definition) is 4. The summed E-state index contributed by atoms with van der Waals surface area (Å²) in [6.45, 7) is 1.42. The van der Waals surface area contributed by atoms with E-state index in [1.54, 1.807) is 60.8 Å². The van der Waals surface area contributed by atoms with Gasteiger partial charge in [0.1, 0.15) is 5.82 Å². The minimum Gasteiger partial charge on any atom is -0.383 e. The summed E-state index contributed by atoms with van der Waals surface area (Å²) in [4.78, 5) is 39.0. The van der Waals surface area contributed by atoms with E-state index >= 15 is 0 Å². The number of benzene rings is 2. The summed E-state index contributed by atoms with van der Waals surface area (Å²) < 4.78 is 0. The van der Waals surface area contributed by atoms with Crippen molar-refractivity contribution in [3.05, 3.63) is 71.9 Å². The molecule has 1 aromatic heterocycles. The van der Waals surface area contributed by atoms with Crippen LogP contribution >= 0.6 is 0 Å². The molecule has 0 spiro atoms. The molecule has 1 heterocycles. The summed E-state index contributed by atoms with van der Waals surface area (Å²) >= 11 is 0. The smallest absolute Gasteiger partial charge is 0.259 e. The van der Waals surface area contributed by atoms with Crippen molar-refractivity contribution in [2.45, 2.75) is 6.92 Å². The maximum absolute atomic E-state index is 12.7. The van der Waals surface area contributed by atoms with Crippen molar-refractivity contribution in [3.63, 3.8) is 0 Å². The molecular formula is C21H19N5O3. The second kappa shape index (κ2) is 8.22. The van der Waals surface area contributed by atoms with Crippen molar-refractivity contribution < 1.29 is 14.4 Å². The summed E-state index contributed by atoms with van der Waals surface area (Å²) in [7, 11) is 0. The van der Waals surface area contributed by atoms with Crippen molar-refractivity contribution in [2.75, 3.05) is 16.4 Å². The van der Waals surface area contributed by atoms with Gasteiger partial charge >= 0.3 is 0 Å². The lowest BCUT2D eigenvalue weighted by molar-refractivity contribution is -0.114. The van der Waals surface area contributed by atoms with Crippen molar-refractivity contribution in [3.8, 4) is 11.1 Å². The van der Waals surface area contributed by atoms with E-state index in [2.05, 4.69) is 15.6 Å². The first-order chi connectivity index (χ1) is 13.8. The highest BCUT2D eigenvalue weighted by atomic mass is 16.2. The van der Waals surface area contributed by atoms with Gasteiger partial charge in [0.15, 0.2) is 0 Å². The third-order valence-corrected chi connectivity index (χ3v) is 4.13. The first-order valence-corrected chi connectivity index (χ1v) is 8.68. The second-order valence-corrected chi connectivity index (χ2v) is 6.31. The van der Waals surface area contributed by atoms with E-state index in [1.807, 2.05) is 0 Å². The van der Waals surface area contributed by atoms with E-state index in [-0.39, 0.29) is 17.3 Å². The summed E-state index contributed by atoms with van der Waals surface area (Å²) in [5, 5.41) is 5.40. The molecule has 0 fully saturated rings. The molecule has 3 amide bonds. The zero-order valence-corrected chi connectivity index (χ0v) is 15.6. The molecule has 0 unspecified atom stereocenters. The van der Waals surface area contributed by atoms with Crippen LogP contribution in [0.2, 0.25) is 0 Å². The van der Waals surface area contributed by atoms with Crippen LogP contribution < -0.4 is 22.1 Å². The minimum atomic E-state index is -0.517. The van der Waals surface area contributed by atoms with Gasteiger partial charge in [0, 0.05) is 35.6 Å². The van der Waals surface area contributed by atoms with Gasteiger partial charge < -0.3 is 22.1 Å². The van der Waals surface area contributed by atoms with E-state index in [1.165, 1.54) is 6.92 Å². The number of nitrogens with zero attached hydrogens (tertiary/aromatic N) is 1. The molecule has 146 valence electrons. The number of rotatable bonds is 5. The maximum Gasteiger partial charge on any atom is 0.259 e. The van der Waals surface area contributed by atoms with Gasteiger partial charge in [-0.25, -0.2) is 4.98 Å². The average molecular weight is 389 g/mol. The Morgan fingerprint density at radius 3 is 2.00 bits per heavy atom. The molecule has 0 aliphatic carbocycles. The Kier molecular flexibility index (Phi) is 5.54. The Hall–Kier alpha value is -4.20. The third-order valence-electron chi connectivity index (χ3n) is 4.13. The number of aromatic nitrogens is 1.